The van der Waals surface area contributed by atoms with Crippen LogP contribution in [-0.4, -0.2) is 22.1 Å². The van der Waals surface area contributed by atoms with Crippen molar-refractivity contribution >= 4 is 0 Å². The molecule has 4 nitrogen and oxygen atoms in total. The molecule has 0 N–H and O–H groups in total. The standard InChI is InChI=1S/C24H29N3O/c1-5-6-7-17-8-12-22-18(14-17)9-10-19-15-20(28-4)11-13-21(19)23-24(22)27(16(2)3)26-25-23/h8,11-16H,5-7,9-10H2,1-4H3. The summed E-state index contributed by atoms with van der Waals surface area (Å²) in [5, 5.41) is 9.15. The average molecular weight is 376 g/mol. The van der Waals surface area contributed by atoms with E-state index in [4.69, 9.17) is 4.74 Å². The van der Waals surface area contributed by atoms with Crippen molar-refractivity contribution < 1.29 is 4.74 Å². The Bertz CT molecular complexity index is 988. The average Bonchev–Trinajstić information content (AvgIpc) is 3.13. The van der Waals surface area contributed by atoms with E-state index in [-0.39, 0.29) is 6.04 Å². The lowest BCUT2D eigenvalue weighted by Gasteiger charge is -2.20. The van der Waals surface area contributed by atoms with Crippen LogP contribution in [0, 0.1) is 0 Å². The van der Waals surface area contributed by atoms with Gasteiger partial charge in [-0.1, -0.05) is 36.8 Å². The molecule has 146 valence electrons. The van der Waals surface area contributed by atoms with Gasteiger partial charge in [0.2, 0.25) is 0 Å². The number of aromatic nitrogens is 3. The predicted molar refractivity (Wildman–Crippen MR) is 114 cm³/mol. The van der Waals surface area contributed by atoms with Crippen LogP contribution in [0.3, 0.4) is 0 Å². The molecular weight excluding hydrogens is 346 g/mol. The van der Waals surface area contributed by atoms with Crippen molar-refractivity contribution in [1.82, 2.24) is 15.0 Å². The number of ether oxygens (including phenoxy) is 1. The fourth-order valence-corrected chi connectivity index (χ4v) is 4.11. The minimum Gasteiger partial charge on any atom is -0.497 e. The van der Waals surface area contributed by atoms with Crippen molar-refractivity contribution in [3.63, 3.8) is 0 Å². The van der Waals surface area contributed by atoms with Gasteiger partial charge in [0, 0.05) is 17.2 Å². The summed E-state index contributed by atoms with van der Waals surface area (Å²) in [6, 6.07) is 13.5. The Balaban J connectivity index is 1.91. The number of hydrogen-bond donors (Lipinski definition) is 0. The topological polar surface area (TPSA) is 39.9 Å². The quantitative estimate of drug-likeness (QED) is 0.579. The Morgan fingerprint density at radius 1 is 1.04 bits per heavy atom. The second-order valence-corrected chi connectivity index (χ2v) is 7.94. The van der Waals surface area contributed by atoms with Gasteiger partial charge in [0.1, 0.15) is 11.4 Å². The van der Waals surface area contributed by atoms with Gasteiger partial charge in [0.05, 0.1) is 12.8 Å². The van der Waals surface area contributed by atoms with Crippen molar-refractivity contribution in [2.24, 2.45) is 0 Å². The predicted octanol–water partition coefficient (Wildman–Crippen LogP) is 5.64. The van der Waals surface area contributed by atoms with Crippen LogP contribution in [0.25, 0.3) is 22.5 Å². The molecule has 4 rings (SSSR count). The summed E-state index contributed by atoms with van der Waals surface area (Å²) in [5.41, 5.74) is 8.66. The first-order valence-corrected chi connectivity index (χ1v) is 10.4. The zero-order chi connectivity index (χ0) is 19.7. The molecule has 1 aliphatic rings. The second-order valence-electron chi connectivity index (χ2n) is 7.94. The molecule has 0 bridgehead atoms. The van der Waals surface area contributed by atoms with Crippen molar-refractivity contribution in [2.75, 3.05) is 7.11 Å². The van der Waals surface area contributed by atoms with E-state index >= 15 is 0 Å². The Kier molecular flexibility index (Phi) is 5.21. The largest absolute Gasteiger partial charge is 0.497 e. The molecule has 0 unspecified atom stereocenters. The first-order valence-electron chi connectivity index (χ1n) is 10.4. The molecule has 1 aromatic heterocycles. The third-order valence-electron chi connectivity index (χ3n) is 5.66. The fraction of sp³-hybridized carbons (Fsp3) is 0.417. The molecular formula is C24H29N3O. The highest BCUT2D eigenvalue weighted by Gasteiger charge is 2.25. The molecule has 2 aromatic carbocycles. The summed E-state index contributed by atoms with van der Waals surface area (Å²) in [7, 11) is 1.72. The number of aryl methyl sites for hydroxylation is 3. The highest BCUT2D eigenvalue weighted by molar-refractivity contribution is 5.82. The molecule has 1 heterocycles. The maximum atomic E-state index is 5.48. The highest BCUT2D eigenvalue weighted by Crippen LogP contribution is 2.39. The van der Waals surface area contributed by atoms with Crippen LogP contribution in [0.1, 0.15) is 56.3 Å². The van der Waals surface area contributed by atoms with Gasteiger partial charge in [-0.05, 0) is 74.4 Å². The molecule has 1 aliphatic carbocycles. The number of nitrogens with zero attached hydrogens (tertiary/aromatic N) is 3. The number of benzene rings is 2. The second kappa shape index (κ2) is 7.78. The third kappa shape index (κ3) is 3.32. The first kappa shape index (κ1) is 18.7. The van der Waals surface area contributed by atoms with Crippen LogP contribution in [0.15, 0.2) is 36.4 Å². The van der Waals surface area contributed by atoms with E-state index in [1.807, 2.05) is 6.07 Å². The highest BCUT2D eigenvalue weighted by atomic mass is 16.5. The van der Waals surface area contributed by atoms with Crippen LogP contribution in [0.5, 0.6) is 5.75 Å². The van der Waals surface area contributed by atoms with E-state index in [9.17, 15) is 0 Å². The number of rotatable bonds is 5. The summed E-state index contributed by atoms with van der Waals surface area (Å²) >= 11 is 0. The van der Waals surface area contributed by atoms with E-state index in [1.54, 1.807) is 7.11 Å². The maximum absolute atomic E-state index is 5.48. The van der Waals surface area contributed by atoms with Crippen molar-refractivity contribution in [2.45, 2.75) is 58.9 Å². The summed E-state index contributed by atoms with van der Waals surface area (Å²) in [6.45, 7) is 6.58. The van der Waals surface area contributed by atoms with Gasteiger partial charge < -0.3 is 4.74 Å². The van der Waals surface area contributed by atoms with Crippen LogP contribution in [0.2, 0.25) is 0 Å². The Labute approximate surface area is 167 Å². The summed E-state index contributed by atoms with van der Waals surface area (Å²) in [4.78, 5) is 0. The molecule has 0 atom stereocenters. The molecule has 0 saturated carbocycles. The molecule has 4 heteroatoms. The summed E-state index contributed by atoms with van der Waals surface area (Å²) in [5.74, 6) is 0.897. The number of unbranched alkanes of at least 4 members (excludes halogenated alkanes) is 1. The van der Waals surface area contributed by atoms with Gasteiger partial charge in [0.25, 0.3) is 0 Å². The lowest BCUT2D eigenvalue weighted by molar-refractivity contribution is 0.414. The lowest BCUT2D eigenvalue weighted by atomic mass is 9.87. The molecule has 28 heavy (non-hydrogen) atoms. The van der Waals surface area contributed by atoms with Crippen LogP contribution >= 0.6 is 0 Å². The Hall–Kier alpha value is -2.62. The van der Waals surface area contributed by atoms with E-state index < -0.39 is 0 Å². The summed E-state index contributed by atoms with van der Waals surface area (Å²) < 4.78 is 7.54. The molecule has 0 amide bonds. The number of hydrogen-bond acceptors (Lipinski definition) is 3. The van der Waals surface area contributed by atoms with Gasteiger partial charge >= 0.3 is 0 Å². The fourth-order valence-electron chi connectivity index (χ4n) is 4.11. The monoisotopic (exact) mass is 375 g/mol. The van der Waals surface area contributed by atoms with Crippen LogP contribution in [0.4, 0.5) is 0 Å². The number of methoxy groups -OCH3 is 1. The Morgan fingerprint density at radius 2 is 1.79 bits per heavy atom. The third-order valence-corrected chi connectivity index (χ3v) is 5.66. The molecule has 0 saturated heterocycles. The summed E-state index contributed by atoms with van der Waals surface area (Å²) in [6.07, 6.45) is 5.58. The molecule has 0 spiro atoms. The minimum atomic E-state index is 0.255. The first-order chi connectivity index (χ1) is 13.6. The molecule has 3 aromatic rings. The molecule has 0 fully saturated rings. The van der Waals surface area contributed by atoms with Gasteiger partial charge in [-0.15, -0.1) is 5.10 Å². The van der Waals surface area contributed by atoms with E-state index in [0.717, 1.165) is 36.4 Å². The zero-order valence-corrected chi connectivity index (χ0v) is 17.3. The molecule has 0 aliphatic heterocycles. The van der Waals surface area contributed by atoms with Crippen molar-refractivity contribution in [3.8, 4) is 28.3 Å². The van der Waals surface area contributed by atoms with Gasteiger partial charge in [-0.3, -0.25) is 0 Å². The Morgan fingerprint density at radius 3 is 2.50 bits per heavy atom. The van der Waals surface area contributed by atoms with E-state index in [2.05, 4.69) is 66.1 Å². The number of fused-ring (bicyclic) bond motifs is 5. The van der Waals surface area contributed by atoms with Crippen LogP contribution in [-0.2, 0) is 19.3 Å². The van der Waals surface area contributed by atoms with Crippen molar-refractivity contribution in [1.29, 1.82) is 0 Å². The lowest BCUT2D eigenvalue weighted by Crippen LogP contribution is -2.09. The maximum Gasteiger partial charge on any atom is 0.121 e. The van der Waals surface area contributed by atoms with Crippen molar-refractivity contribution in [3.05, 3.63) is 53.1 Å². The molecule has 0 radical (unpaired) electrons. The zero-order valence-electron chi connectivity index (χ0n) is 17.3. The van der Waals surface area contributed by atoms with E-state index in [1.165, 1.54) is 40.7 Å². The van der Waals surface area contributed by atoms with Gasteiger partial charge in [0.15, 0.2) is 0 Å². The SMILES string of the molecule is CCCCc1ccc2c(c1)CCc1cc(OC)ccc1-c1nnn(C(C)C)c1-2. The van der Waals surface area contributed by atoms with E-state index in [0.29, 0.717) is 0 Å². The van der Waals surface area contributed by atoms with Gasteiger partial charge in [-0.25, -0.2) is 4.68 Å². The smallest absolute Gasteiger partial charge is 0.121 e. The van der Waals surface area contributed by atoms with Crippen LogP contribution < -0.4 is 4.74 Å². The minimum absolute atomic E-state index is 0.255. The normalized spacial score (nSPS) is 12.8. The van der Waals surface area contributed by atoms with Gasteiger partial charge in [-0.2, -0.15) is 0 Å².